The van der Waals surface area contributed by atoms with Gasteiger partial charge in [-0.1, -0.05) is 30.3 Å². The third-order valence-electron chi connectivity index (χ3n) is 5.27. The number of nitrogens with one attached hydrogen (secondary N) is 2. The SMILES string of the molecule is Cc1cc(-c2ccc(CC(=O)Nc3ccc(C4=CCNC(C)C4)nc3)cc2)ccn1. The number of benzene rings is 1. The highest BCUT2D eigenvalue weighted by Crippen LogP contribution is 2.22. The Hall–Kier alpha value is -3.31. The number of carbonyl (C=O) groups excluding carboxylic acids is 1. The lowest BCUT2D eigenvalue weighted by atomic mass is 10.00. The topological polar surface area (TPSA) is 66.9 Å². The van der Waals surface area contributed by atoms with E-state index in [-0.39, 0.29) is 5.91 Å². The summed E-state index contributed by atoms with van der Waals surface area (Å²) in [7, 11) is 0. The molecule has 0 spiro atoms. The van der Waals surface area contributed by atoms with Crippen molar-refractivity contribution in [2.45, 2.75) is 32.7 Å². The van der Waals surface area contributed by atoms with Crippen molar-refractivity contribution in [2.75, 3.05) is 11.9 Å². The largest absolute Gasteiger partial charge is 0.324 e. The van der Waals surface area contributed by atoms with Crippen LogP contribution in [0.4, 0.5) is 5.69 Å². The van der Waals surface area contributed by atoms with Crippen molar-refractivity contribution in [1.29, 1.82) is 0 Å². The highest BCUT2D eigenvalue weighted by atomic mass is 16.1. The number of carbonyl (C=O) groups is 1. The molecule has 2 N–H and O–H groups in total. The van der Waals surface area contributed by atoms with Gasteiger partial charge in [0.05, 0.1) is 24.0 Å². The van der Waals surface area contributed by atoms with E-state index in [4.69, 9.17) is 0 Å². The van der Waals surface area contributed by atoms with E-state index in [0.29, 0.717) is 12.5 Å². The summed E-state index contributed by atoms with van der Waals surface area (Å²) < 4.78 is 0. The van der Waals surface area contributed by atoms with E-state index >= 15 is 0 Å². The van der Waals surface area contributed by atoms with Gasteiger partial charge in [-0.15, -0.1) is 0 Å². The minimum absolute atomic E-state index is 0.0493. The molecular weight excluding hydrogens is 372 g/mol. The van der Waals surface area contributed by atoms with E-state index < -0.39 is 0 Å². The van der Waals surface area contributed by atoms with Crippen molar-refractivity contribution in [3.05, 3.63) is 84.0 Å². The number of anilines is 1. The van der Waals surface area contributed by atoms with Crippen molar-refractivity contribution in [2.24, 2.45) is 0 Å². The quantitative estimate of drug-likeness (QED) is 0.669. The van der Waals surface area contributed by atoms with E-state index in [2.05, 4.69) is 39.7 Å². The Bertz CT molecular complexity index is 1060. The molecule has 3 aromatic rings. The first-order valence-electron chi connectivity index (χ1n) is 10.3. The van der Waals surface area contributed by atoms with Crippen LogP contribution in [0.3, 0.4) is 0 Å². The number of pyridine rings is 2. The second-order valence-electron chi connectivity index (χ2n) is 7.78. The Morgan fingerprint density at radius 3 is 2.63 bits per heavy atom. The van der Waals surface area contributed by atoms with Gasteiger partial charge in [0.15, 0.2) is 0 Å². The molecule has 0 saturated heterocycles. The summed E-state index contributed by atoms with van der Waals surface area (Å²) in [6.45, 7) is 5.02. The van der Waals surface area contributed by atoms with Crippen molar-refractivity contribution < 1.29 is 4.79 Å². The molecule has 0 saturated carbocycles. The smallest absolute Gasteiger partial charge is 0.228 e. The number of nitrogens with zero attached hydrogens (tertiary/aromatic N) is 2. The zero-order valence-electron chi connectivity index (χ0n) is 17.4. The number of amides is 1. The van der Waals surface area contributed by atoms with Gasteiger partial charge in [-0.25, -0.2) is 0 Å². The van der Waals surface area contributed by atoms with Crippen molar-refractivity contribution >= 4 is 17.2 Å². The van der Waals surface area contributed by atoms with Crippen LogP contribution in [0.25, 0.3) is 16.7 Å². The summed E-state index contributed by atoms with van der Waals surface area (Å²) in [5.41, 5.74) is 7.15. The van der Waals surface area contributed by atoms with Crippen LogP contribution >= 0.6 is 0 Å². The summed E-state index contributed by atoms with van der Waals surface area (Å²) in [5, 5.41) is 6.34. The molecule has 1 unspecified atom stereocenters. The number of rotatable bonds is 5. The Kier molecular flexibility index (Phi) is 6.00. The number of hydrogen-bond donors (Lipinski definition) is 2. The van der Waals surface area contributed by atoms with Gasteiger partial charge >= 0.3 is 0 Å². The Morgan fingerprint density at radius 2 is 1.93 bits per heavy atom. The third-order valence-corrected chi connectivity index (χ3v) is 5.27. The summed E-state index contributed by atoms with van der Waals surface area (Å²) in [4.78, 5) is 21.2. The maximum Gasteiger partial charge on any atom is 0.228 e. The molecule has 1 aliphatic heterocycles. The van der Waals surface area contributed by atoms with Crippen molar-refractivity contribution in [1.82, 2.24) is 15.3 Å². The zero-order valence-corrected chi connectivity index (χ0v) is 17.4. The monoisotopic (exact) mass is 398 g/mol. The Labute approximate surface area is 177 Å². The first kappa shape index (κ1) is 20.0. The van der Waals surface area contributed by atoms with E-state index in [0.717, 1.165) is 46.7 Å². The predicted molar refractivity (Wildman–Crippen MR) is 121 cm³/mol. The van der Waals surface area contributed by atoms with Gasteiger partial charge in [-0.05, 0) is 66.8 Å². The van der Waals surface area contributed by atoms with Crippen LogP contribution in [-0.2, 0) is 11.2 Å². The van der Waals surface area contributed by atoms with Gasteiger partial charge in [0, 0.05) is 24.5 Å². The van der Waals surface area contributed by atoms with Crippen molar-refractivity contribution in [3.63, 3.8) is 0 Å². The normalized spacial score (nSPS) is 16.1. The number of hydrogen-bond acceptors (Lipinski definition) is 4. The molecule has 30 heavy (non-hydrogen) atoms. The van der Waals surface area contributed by atoms with E-state index in [1.807, 2.05) is 55.6 Å². The average molecular weight is 399 g/mol. The van der Waals surface area contributed by atoms with Gasteiger partial charge in [0.1, 0.15) is 0 Å². The minimum Gasteiger partial charge on any atom is -0.324 e. The van der Waals surface area contributed by atoms with Gasteiger partial charge in [-0.3, -0.25) is 14.8 Å². The molecule has 1 amide bonds. The Balaban J connectivity index is 1.36. The fourth-order valence-corrected chi connectivity index (χ4v) is 3.67. The molecule has 5 nitrogen and oxygen atoms in total. The fraction of sp³-hybridized carbons (Fsp3) is 0.240. The average Bonchev–Trinajstić information content (AvgIpc) is 2.75. The van der Waals surface area contributed by atoms with Crippen LogP contribution in [0.1, 0.15) is 30.3 Å². The van der Waals surface area contributed by atoms with Crippen LogP contribution in [0.5, 0.6) is 0 Å². The summed E-state index contributed by atoms with van der Waals surface area (Å²) in [6, 6.07) is 16.5. The summed E-state index contributed by atoms with van der Waals surface area (Å²) >= 11 is 0. The first-order valence-corrected chi connectivity index (χ1v) is 10.3. The molecule has 1 atom stereocenters. The molecule has 0 fully saturated rings. The molecule has 3 heterocycles. The fourth-order valence-electron chi connectivity index (χ4n) is 3.67. The minimum atomic E-state index is -0.0493. The van der Waals surface area contributed by atoms with E-state index in [1.165, 1.54) is 5.57 Å². The summed E-state index contributed by atoms with van der Waals surface area (Å²) in [6.07, 6.45) is 7.01. The van der Waals surface area contributed by atoms with Crippen LogP contribution in [0.15, 0.2) is 67.0 Å². The van der Waals surface area contributed by atoms with Gasteiger partial charge in [0.25, 0.3) is 0 Å². The molecule has 0 radical (unpaired) electrons. The third kappa shape index (κ3) is 4.99. The maximum atomic E-state index is 12.4. The van der Waals surface area contributed by atoms with Crippen LogP contribution in [0.2, 0.25) is 0 Å². The van der Waals surface area contributed by atoms with Crippen LogP contribution < -0.4 is 10.6 Å². The molecule has 152 valence electrons. The zero-order chi connectivity index (χ0) is 20.9. The standard InChI is InChI=1S/C25H26N4O/c1-17-13-21(9-11-26-17)20-5-3-19(4-6-20)15-25(30)29-23-7-8-24(28-16-23)22-10-12-27-18(2)14-22/h3-11,13,16,18,27H,12,14-15H2,1-2H3,(H,29,30). The van der Waals surface area contributed by atoms with Crippen LogP contribution in [0, 0.1) is 6.92 Å². The molecular formula is C25H26N4O. The Morgan fingerprint density at radius 1 is 1.10 bits per heavy atom. The van der Waals surface area contributed by atoms with Gasteiger partial charge in [0.2, 0.25) is 5.91 Å². The maximum absolute atomic E-state index is 12.4. The lowest BCUT2D eigenvalue weighted by Gasteiger charge is -2.20. The highest BCUT2D eigenvalue weighted by Gasteiger charge is 2.13. The van der Waals surface area contributed by atoms with E-state index in [9.17, 15) is 4.79 Å². The predicted octanol–water partition coefficient (Wildman–Crippen LogP) is 4.40. The van der Waals surface area contributed by atoms with Crippen LogP contribution in [-0.4, -0.2) is 28.5 Å². The first-order chi connectivity index (χ1) is 14.6. The molecule has 2 aromatic heterocycles. The van der Waals surface area contributed by atoms with Gasteiger partial charge in [-0.2, -0.15) is 0 Å². The number of aromatic nitrogens is 2. The molecule has 1 aromatic carbocycles. The molecule has 5 heteroatoms. The van der Waals surface area contributed by atoms with Gasteiger partial charge < -0.3 is 10.6 Å². The second kappa shape index (κ2) is 9.01. The lowest BCUT2D eigenvalue weighted by molar-refractivity contribution is -0.115. The highest BCUT2D eigenvalue weighted by molar-refractivity contribution is 5.92. The second-order valence-corrected chi connectivity index (χ2v) is 7.78. The summed E-state index contributed by atoms with van der Waals surface area (Å²) in [5.74, 6) is -0.0493. The lowest BCUT2D eigenvalue weighted by Crippen LogP contribution is -2.30. The number of aryl methyl sites for hydroxylation is 1. The molecule has 1 aliphatic rings. The molecule has 0 bridgehead atoms. The molecule has 0 aliphatic carbocycles. The van der Waals surface area contributed by atoms with Crippen molar-refractivity contribution in [3.8, 4) is 11.1 Å². The molecule has 4 rings (SSSR count). The van der Waals surface area contributed by atoms with E-state index in [1.54, 1.807) is 6.20 Å².